The molecule has 3 N–H and O–H groups in total. The van der Waals surface area contributed by atoms with E-state index in [-0.39, 0.29) is 6.61 Å². The maximum absolute atomic E-state index is 8.43. The lowest BCUT2D eigenvalue weighted by Crippen LogP contribution is -2.02. The van der Waals surface area contributed by atoms with Crippen LogP contribution in [-0.2, 0) is 6.54 Å². The Bertz CT molecular complexity index is 184. The van der Waals surface area contributed by atoms with Gasteiger partial charge in [0, 0.05) is 6.20 Å². The number of nitrogens with zero attached hydrogens (tertiary/aromatic N) is 2. The Kier molecular flexibility index (Phi) is 1.69. The van der Waals surface area contributed by atoms with Crippen molar-refractivity contribution in [3.63, 3.8) is 0 Å². The minimum atomic E-state index is 0.0983. The predicted octanol–water partition coefficient (Wildman–Crippen LogP) is -0.542. The van der Waals surface area contributed by atoms with Crippen molar-refractivity contribution in [2.45, 2.75) is 6.54 Å². The zero-order chi connectivity index (χ0) is 6.69. The quantitative estimate of drug-likeness (QED) is 0.560. The lowest BCUT2D eigenvalue weighted by molar-refractivity contribution is 0.269. The second-order valence-electron chi connectivity index (χ2n) is 1.73. The van der Waals surface area contributed by atoms with Gasteiger partial charge in [-0.15, -0.1) is 0 Å². The van der Waals surface area contributed by atoms with Crippen molar-refractivity contribution in [3.8, 4) is 0 Å². The molecular formula is C5H9N3O. The molecule has 0 spiro atoms. The highest BCUT2D eigenvalue weighted by molar-refractivity contribution is 5.23. The number of rotatable bonds is 2. The molecule has 0 aromatic carbocycles. The lowest BCUT2D eigenvalue weighted by Gasteiger charge is -1.93. The standard InChI is InChI=1S/C5H9N3O/c6-5-1-2-8(7-5)3-4-9/h1-2,9H,3-4H2,(H2,6,7). The van der Waals surface area contributed by atoms with Crippen LogP contribution in [0.4, 0.5) is 5.82 Å². The topological polar surface area (TPSA) is 64.1 Å². The van der Waals surface area contributed by atoms with Crippen molar-refractivity contribution < 1.29 is 5.11 Å². The Hall–Kier alpha value is -1.03. The molecule has 0 aliphatic carbocycles. The van der Waals surface area contributed by atoms with E-state index >= 15 is 0 Å². The largest absolute Gasteiger partial charge is 0.394 e. The number of hydrogen-bond acceptors (Lipinski definition) is 3. The van der Waals surface area contributed by atoms with Gasteiger partial charge in [0.05, 0.1) is 13.2 Å². The van der Waals surface area contributed by atoms with Crippen LogP contribution < -0.4 is 5.73 Å². The van der Waals surface area contributed by atoms with Crippen molar-refractivity contribution in [3.05, 3.63) is 12.3 Å². The molecule has 1 aromatic heterocycles. The van der Waals surface area contributed by atoms with E-state index in [2.05, 4.69) is 5.10 Å². The van der Waals surface area contributed by atoms with Crippen molar-refractivity contribution in [1.82, 2.24) is 9.78 Å². The van der Waals surface area contributed by atoms with Crippen LogP contribution >= 0.6 is 0 Å². The van der Waals surface area contributed by atoms with Gasteiger partial charge in [-0.25, -0.2) is 0 Å². The van der Waals surface area contributed by atoms with Crippen LogP contribution in [0.15, 0.2) is 12.3 Å². The molecule has 1 heterocycles. The smallest absolute Gasteiger partial charge is 0.145 e. The zero-order valence-corrected chi connectivity index (χ0v) is 4.99. The van der Waals surface area contributed by atoms with E-state index in [0.717, 1.165) is 0 Å². The van der Waals surface area contributed by atoms with E-state index in [1.807, 2.05) is 0 Å². The van der Waals surface area contributed by atoms with E-state index in [4.69, 9.17) is 10.8 Å². The van der Waals surface area contributed by atoms with Gasteiger partial charge in [0.15, 0.2) is 0 Å². The van der Waals surface area contributed by atoms with Crippen LogP contribution in [0.1, 0.15) is 0 Å². The Morgan fingerprint density at radius 3 is 3.00 bits per heavy atom. The molecule has 50 valence electrons. The van der Waals surface area contributed by atoms with Gasteiger partial charge in [0.25, 0.3) is 0 Å². The number of aliphatic hydroxyl groups excluding tert-OH is 1. The molecule has 0 amide bonds. The third-order valence-electron chi connectivity index (χ3n) is 0.990. The first-order valence-corrected chi connectivity index (χ1v) is 2.72. The summed E-state index contributed by atoms with van der Waals surface area (Å²) in [5, 5.41) is 12.3. The molecular weight excluding hydrogens is 118 g/mol. The summed E-state index contributed by atoms with van der Waals surface area (Å²) in [5.74, 6) is 0.489. The van der Waals surface area contributed by atoms with Gasteiger partial charge in [0.2, 0.25) is 0 Å². The van der Waals surface area contributed by atoms with Crippen LogP contribution in [0.3, 0.4) is 0 Å². The molecule has 4 nitrogen and oxygen atoms in total. The fourth-order valence-electron chi connectivity index (χ4n) is 0.604. The molecule has 0 atom stereocenters. The first-order chi connectivity index (χ1) is 4.33. The van der Waals surface area contributed by atoms with E-state index < -0.39 is 0 Å². The molecule has 9 heavy (non-hydrogen) atoms. The summed E-state index contributed by atoms with van der Waals surface area (Å²) in [4.78, 5) is 0. The van der Waals surface area contributed by atoms with Crippen molar-refractivity contribution in [2.24, 2.45) is 0 Å². The number of nitrogens with two attached hydrogens (primary N) is 1. The SMILES string of the molecule is Nc1ccn(CCO)n1. The Balaban J connectivity index is 2.61. The van der Waals surface area contributed by atoms with Gasteiger partial charge in [-0.3, -0.25) is 4.68 Å². The summed E-state index contributed by atoms with van der Waals surface area (Å²) in [6.45, 7) is 0.609. The first-order valence-electron chi connectivity index (χ1n) is 2.72. The highest BCUT2D eigenvalue weighted by Crippen LogP contribution is 1.93. The summed E-state index contributed by atoms with van der Waals surface area (Å²) in [7, 11) is 0. The number of anilines is 1. The summed E-state index contributed by atoms with van der Waals surface area (Å²) in [6.07, 6.45) is 1.73. The summed E-state index contributed by atoms with van der Waals surface area (Å²) in [5.41, 5.74) is 5.30. The maximum atomic E-state index is 8.43. The Morgan fingerprint density at radius 2 is 2.56 bits per heavy atom. The molecule has 0 fully saturated rings. The second-order valence-corrected chi connectivity index (χ2v) is 1.73. The third kappa shape index (κ3) is 1.43. The fraction of sp³-hybridized carbons (Fsp3) is 0.400. The summed E-state index contributed by atoms with van der Waals surface area (Å²) < 4.78 is 1.59. The van der Waals surface area contributed by atoms with Crippen LogP contribution in [0.2, 0.25) is 0 Å². The molecule has 4 heteroatoms. The average Bonchev–Trinajstić information content (AvgIpc) is 2.17. The number of nitrogen functional groups attached to an aromatic ring is 1. The first kappa shape index (κ1) is 6.10. The molecule has 0 radical (unpaired) electrons. The Labute approximate surface area is 52.9 Å². The molecule has 0 aliphatic heterocycles. The van der Waals surface area contributed by atoms with Crippen LogP contribution in [0.25, 0.3) is 0 Å². The van der Waals surface area contributed by atoms with Crippen LogP contribution in [0.5, 0.6) is 0 Å². The molecule has 0 saturated heterocycles. The molecule has 0 unspecified atom stereocenters. The fourth-order valence-corrected chi connectivity index (χ4v) is 0.604. The van der Waals surface area contributed by atoms with Gasteiger partial charge in [-0.1, -0.05) is 0 Å². The second kappa shape index (κ2) is 2.50. The molecule has 0 bridgehead atoms. The molecule has 1 aromatic rings. The monoisotopic (exact) mass is 127 g/mol. The van der Waals surface area contributed by atoms with Crippen LogP contribution in [0, 0.1) is 0 Å². The van der Waals surface area contributed by atoms with Crippen molar-refractivity contribution in [2.75, 3.05) is 12.3 Å². The van der Waals surface area contributed by atoms with E-state index in [1.165, 1.54) is 0 Å². The lowest BCUT2D eigenvalue weighted by atomic mass is 10.6. The van der Waals surface area contributed by atoms with Crippen LogP contribution in [-0.4, -0.2) is 21.5 Å². The van der Waals surface area contributed by atoms with Gasteiger partial charge in [0.1, 0.15) is 5.82 Å². The highest BCUT2D eigenvalue weighted by atomic mass is 16.3. The molecule has 0 aliphatic rings. The summed E-state index contributed by atoms with van der Waals surface area (Å²) >= 11 is 0. The van der Waals surface area contributed by atoms with Gasteiger partial charge in [-0.2, -0.15) is 5.10 Å². The van der Waals surface area contributed by atoms with Gasteiger partial charge >= 0.3 is 0 Å². The Morgan fingerprint density at radius 1 is 1.78 bits per heavy atom. The normalized spacial score (nSPS) is 9.89. The number of aromatic nitrogens is 2. The minimum Gasteiger partial charge on any atom is -0.394 e. The van der Waals surface area contributed by atoms with Crippen molar-refractivity contribution >= 4 is 5.82 Å². The minimum absolute atomic E-state index is 0.0983. The predicted molar refractivity (Wildman–Crippen MR) is 33.7 cm³/mol. The van der Waals surface area contributed by atoms with Gasteiger partial charge in [-0.05, 0) is 6.07 Å². The van der Waals surface area contributed by atoms with E-state index in [1.54, 1.807) is 16.9 Å². The molecule has 1 rings (SSSR count). The van der Waals surface area contributed by atoms with Crippen molar-refractivity contribution in [1.29, 1.82) is 0 Å². The number of hydrogen-bond donors (Lipinski definition) is 2. The number of aliphatic hydroxyl groups is 1. The van der Waals surface area contributed by atoms with E-state index in [9.17, 15) is 0 Å². The summed E-state index contributed by atoms with van der Waals surface area (Å²) in [6, 6.07) is 1.69. The average molecular weight is 127 g/mol. The zero-order valence-electron chi connectivity index (χ0n) is 4.99. The highest BCUT2D eigenvalue weighted by Gasteiger charge is 1.90. The van der Waals surface area contributed by atoms with E-state index in [0.29, 0.717) is 12.4 Å². The third-order valence-corrected chi connectivity index (χ3v) is 0.990. The molecule has 0 saturated carbocycles. The van der Waals surface area contributed by atoms with Gasteiger partial charge < -0.3 is 10.8 Å². The maximum Gasteiger partial charge on any atom is 0.145 e.